The van der Waals surface area contributed by atoms with Crippen LogP contribution in [-0.2, 0) is 0 Å². The summed E-state index contributed by atoms with van der Waals surface area (Å²) in [4.78, 5) is 0. The zero-order chi connectivity index (χ0) is 11.7. The quantitative estimate of drug-likeness (QED) is 0.486. The number of anilines is 2. The van der Waals surface area contributed by atoms with E-state index in [1.54, 1.807) is 0 Å². The molecule has 0 aromatic heterocycles. The first kappa shape index (κ1) is 25.3. The van der Waals surface area contributed by atoms with E-state index in [1.807, 2.05) is 24.3 Å². The summed E-state index contributed by atoms with van der Waals surface area (Å²) in [5.74, 6) is 0. The van der Waals surface area contributed by atoms with Crippen LogP contribution in [0.2, 0.25) is 0 Å². The second kappa shape index (κ2) is 11.0. The van der Waals surface area contributed by atoms with Crippen LogP contribution < -0.4 is 20.2 Å². The Kier molecular flexibility index (Phi) is 13.9. The molecule has 20 heavy (non-hydrogen) atoms. The topological polar surface area (TPSA) is 52.0 Å². The first-order chi connectivity index (χ1) is 7.58. The molecule has 2 nitrogen and oxygen atoms in total. The summed E-state index contributed by atoms with van der Waals surface area (Å²) < 4.78 is 2.07. The first-order valence-corrected chi connectivity index (χ1v) is 6.63. The van der Waals surface area contributed by atoms with Crippen LogP contribution in [-0.4, -0.2) is 33.7 Å². The molecule has 4 N–H and O–H groups in total. The molecule has 0 heterocycles. The Morgan fingerprint density at radius 1 is 0.600 bits per heavy atom. The van der Waals surface area contributed by atoms with Gasteiger partial charge >= 0.3 is 113 Å². The molecule has 0 aliphatic carbocycles. The van der Waals surface area contributed by atoms with Gasteiger partial charge in [-0.25, -0.2) is 0 Å². The Morgan fingerprint density at radius 3 is 1.15 bits per heavy atom. The van der Waals surface area contributed by atoms with Crippen LogP contribution in [0.25, 0.3) is 11.1 Å². The summed E-state index contributed by atoms with van der Waals surface area (Å²) in [6, 6.07) is 12.0. The van der Waals surface area contributed by atoms with E-state index in [-0.39, 0.29) is 49.6 Å². The summed E-state index contributed by atoms with van der Waals surface area (Å²) in [6.45, 7) is 0. The molecule has 0 aliphatic rings. The summed E-state index contributed by atoms with van der Waals surface area (Å²) in [5.41, 5.74) is 15.5. The normalized spacial score (nSPS) is 8.30. The van der Waals surface area contributed by atoms with Crippen molar-refractivity contribution < 1.29 is 0 Å². The van der Waals surface area contributed by atoms with Gasteiger partial charge in [-0.15, -0.1) is 49.6 Å². The molecule has 0 fully saturated rings. The molecule has 2 aromatic carbocycles. The number of hydrogen-bond acceptors (Lipinski definition) is 2. The third-order valence-corrected chi connectivity index (χ3v) is 4.02. The van der Waals surface area contributed by atoms with Gasteiger partial charge in [-0.05, 0) is 0 Å². The monoisotopic (exact) mass is 476 g/mol. The van der Waals surface area contributed by atoms with Gasteiger partial charge in [0.2, 0.25) is 0 Å². The first-order valence-electron chi connectivity index (χ1n) is 4.75. The average Bonchev–Trinajstić information content (AvgIpc) is 2.26. The standard InChI is InChI=1S/C12H10As2N2.4ClH/c13-9-5-7(1-3-11(9)15)8-2-4-12(16)10(14)6-8;;;;/h1-6H,15-16H2;4*1H. The van der Waals surface area contributed by atoms with E-state index in [2.05, 4.69) is 45.8 Å². The molecular weight excluding hydrogens is 464 g/mol. The maximum absolute atomic E-state index is 5.78. The van der Waals surface area contributed by atoms with Crippen LogP contribution in [0, 0.1) is 0 Å². The van der Waals surface area contributed by atoms with Crippen LogP contribution in [0.4, 0.5) is 11.4 Å². The minimum atomic E-state index is 0. The number of benzene rings is 2. The van der Waals surface area contributed by atoms with Gasteiger partial charge in [0.05, 0.1) is 0 Å². The Morgan fingerprint density at radius 2 is 0.900 bits per heavy atom. The third-order valence-electron chi connectivity index (χ3n) is 2.39. The van der Waals surface area contributed by atoms with Gasteiger partial charge in [-0.3, -0.25) is 0 Å². The van der Waals surface area contributed by atoms with Crippen LogP contribution >= 0.6 is 49.6 Å². The molecule has 0 aliphatic heterocycles. The van der Waals surface area contributed by atoms with E-state index in [4.69, 9.17) is 11.5 Å². The zero-order valence-electron chi connectivity index (χ0n) is 10.1. The van der Waals surface area contributed by atoms with Crippen molar-refractivity contribution in [1.29, 1.82) is 0 Å². The summed E-state index contributed by atoms with van der Waals surface area (Å²) >= 11 is 4.97. The molecule has 2 rings (SSSR count). The molecule has 8 heteroatoms. The Hall–Kier alpha value is 0.317. The summed E-state index contributed by atoms with van der Waals surface area (Å²) in [5, 5.41) is 0. The van der Waals surface area contributed by atoms with E-state index in [9.17, 15) is 0 Å². The van der Waals surface area contributed by atoms with E-state index >= 15 is 0 Å². The molecule has 0 unspecified atom stereocenters. The number of nitrogen functional groups attached to an aromatic ring is 2. The molecule has 0 bridgehead atoms. The van der Waals surface area contributed by atoms with Gasteiger partial charge in [0, 0.05) is 0 Å². The van der Waals surface area contributed by atoms with E-state index < -0.39 is 0 Å². The molecule has 0 spiro atoms. The number of nitrogens with two attached hydrogens (primary N) is 2. The predicted octanol–water partition coefficient (Wildman–Crippen LogP) is 1.79. The molecule has 0 amide bonds. The van der Waals surface area contributed by atoms with Crippen molar-refractivity contribution in [2.45, 2.75) is 0 Å². The maximum atomic E-state index is 5.78. The number of halogens is 4. The predicted molar refractivity (Wildman–Crippen MR) is 100 cm³/mol. The van der Waals surface area contributed by atoms with Gasteiger partial charge in [-0.2, -0.15) is 0 Å². The summed E-state index contributed by atoms with van der Waals surface area (Å²) in [7, 11) is 0. The Bertz CT molecular complexity index is 503. The average molecular weight is 478 g/mol. The van der Waals surface area contributed by atoms with Gasteiger partial charge in [0.15, 0.2) is 0 Å². The Balaban J connectivity index is -0.000000722. The van der Waals surface area contributed by atoms with Crippen molar-refractivity contribution >= 4 is 103 Å². The van der Waals surface area contributed by atoms with Gasteiger partial charge in [0.1, 0.15) is 0 Å². The van der Waals surface area contributed by atoms with Crippen molar-refractivity contribution in [3.8, 4) is 11.1 Å². The molecule has 4 radical (unpaired) electrons. The second-order valence-electron chi connectivity index (χ2n) is 3.55. The SMILES string of the molecule is Cl.Cl.Cl.Cl.Nc1ccc(-c2ccc(N)c([As])c2)cc1[As]. The second-order valence-corrected chi connectivity index (χ2v) is 5.57. The van der Waals surface area contributed by atoms with Crippen molar-refractivity contribution in [3.05, 3.63) is 36.4 Å². The zero-order valence-corrected chi connectivity index (χ0v) is 17.2. The molecule has 2 aromatic rings. The molecule has 0 saturated heterocycles. The van der Waals surface area contributed by atoms with Gasteiger partial charge in [-0.1, -0.05) is 0 Å². The fourth-order valence-corrected chi connectivity index (χ4v) is 2.34. The third kappa shape index (κ3) is 5.98. The molecular formula is C12H14As2Cl4N2. The van der Waals surface area contributed by atoms with Crippen molar-refractivity contribution in [1.82, 2.24) is 0 Å². The van der Waals surface area contributed by atoms with Crippen LogP contribution in [0.3, 0.4) is 0 Å². The van der Waals surface area contributed by atoms with E-state index in [1.165, 1.54) is 0 Å². The number of rotatable bonds is 1. The van der Waals surface area contributed by atoms with E-state index in [0.717, 1.165) is 31.2 Å². The van der Waals surface area contributed by atoms with Gasteiger partial charge < -0.3 is 0 Å². The van der Waals surface area contributed by atoms with E-state index in [0.29, 0.717) is 0 Å². The molecule has 110 valence electrons. The summed E-state index contributed by atoms with van der Waals surface area (Å²) in [6.07, 6.45) is 0. The van der Waals surface area contributed by atoms with Crippen LogP contribution in [0.5, 0.6) is 0 Å². The fourth-order valence-electron chi connectivity index (χ4n) is 1.45. The molecule has 0 saturated carbocycles. The minimum absolute atomic E-state index is 0. The Labute approximate surface area is 161 Å². The fraction of sp³-hybridized carbons (Fsp3) is 0. The van der Waals surface area contributed by atoms with Crippen molar-refractivity contribution in [2.24, 2.45) is 0 Å². The van der Waals surface area contributed by atoms with Gasteiger partial charge in [0.25, 0.3) is 0 Å². The number of hydrogen-bond donors (Lipinski definition) is 2. The van der Waals surface area contributed by atoms with Crippen molar-refractivity contribution in [3.63, 3.8) is 0 Å². The van der Waals surface area contributed by atoms with Crippen molar-refractivity contribution in [2.75, 3.05) is 11.5 Å². The van der Waals surface area contributed by atoms with Crippen LogP contribution in [0.1, 0.15) is 0 Å². The molecule has 0 atom stereocenters. The van der Waals surface area contributed by atoms with Crippen LogP contribution in [0.15, 0.2) is 36.4 Å².